The van der Waals surface area contributed by atoms with Crippen molar-refractivity contribution in [1.29, 1.82) is 0 Å². The van der Waals surface area contributed by atoms with E-state index < -0.39 is 7.82 Å². The molecular weight excluding hydrogens is 401 g/mol. The molecule has 9 nitrogen and oxygen atoms in total. The number of hydrogen-bond acceptors (Lipinski definition) is 6. The van der Waals surface area contributed by atoms with Gasteiger partial charge in [-0.1, -0.05) is 71.1 Å². The fraction of sp³-hybridized carbons (Fsp3) is 1.00. The standard InChI is InChI=1S/C15H32O2.C4H11NO2.H3O4P/c1-2-3-4-5-6-7-8-9-10-11-12-14-17-15-13-16;6-3-1-5-2-4-7;1-5(2,3)4/h16H,2-15H2,1H3;5-7H,1-4H2;(H3,1,2,3,4). The van der Waals surface area contributed by atoms with Crippen molar-refractivity contribution in [2.24, 2.45) is 0 Å². The molecule has 0 spiro atoms. The van der Waals surface area contributed by atoms with E-state index in [2.05, 4.69) is 12.2 Å². The molecule has 0 rings (SSSR count). The van der Waals surface area contributed by atoms with Gasteiger partial charge in [0.2, 0.25) is 0 Å². The third kappa shape index (κ3) is 58.4. The molecule has 0 saturated heterocycles. The van der Waals surface area contributed by atoms with E-state index in [4.69, 9.17) is 39.3 Å². The summed E-state index contributed by atoms with van der Waals surface area (Å²) in [6.07, 6.45) is 15.0. The van der Waals surface area contributed by atoms with Crippen LogP contribution >= 0.6 is 7.82 Å². The van der Waals surface area contributed by atoms with Crippen molar-refractivity contribution in [3.05, 3.63) is 0 Å². The van der Waals surface area contributed by atoms with Crippen molar-refractivity contribution in [3.8, 4) is 0 Å². The molecule has 10 heteroatoms. The Bertz CT molecular complexity index is 292. The van der Waals surface area contributed by atoms with Gasteiger partial charge in [-0.2, -0.15) is 0 Å². The molecule has 0 radical (unpaired) electrons. The largest absolute Gasteiger partial charge is 0.466 e. The second-order valence-electron chi connectivity index (χ2n) is 6.58. The van der Waals surface area contributed by atoms with E-state index in [1.165, 1.54) is 64.2 Å². The molecule has 0 fully saturated rings. The summed E-state index contributed by atoms with van der Waals surface area (Å²) in [5, 5.41) is 27.6. The van der Waals surface area contributed by atoms with Crippen molar-refractivity contribution >= 4 is 7.82 Å². The van der Waals surface area contributed by atoms with E-state index in [0.717, 1.165) is 13.0 Å². The highest BCUT2D eigenvalue weighted by atomic mass is 31.2. The van der Waals surface area contributed by atoms with Gasteiger partial charge in [0.15, 0.2) is 0 Å². The van der Waals surface area contributed by atoms with E-state index in [1.54, 1.807) is 0 Å². The summed E-state index contributed by atoms with van der Waals surface area (Å²) in [5.41, 5.74) is 0. The molecule has 0 amide bonds. The fourth-order valence-electron chi connectivity index (χ4n) is 2.32. The van der Waals surface area contributed by atoms with Crippen molar-refractivity contribution in [1.82, 2.24) is 5.32 Å². The average Bonchev–Trinajstić information content (AvgIpc) is 2.65. The first-order chi connectivity index (χ1) is 13.8. The quantitative estimate of drug-likeness (QED) is 0.123. The molecule has 29 heavy (non-hydrogen) atoms. The van der Waals surface area contributed by atoms with Gasteiger partial charge in [-0.3, -0.25) is 0 Å². The lowest BCUT2D eigenvalue weighted by atomic mass is 10.1. The molecule has 0 aliphatic heterocycles. The predicted molar refractivity (Wildman–Crippen MR) is 116 cm³/mol. The smallest absolute Gasteiger partial charge is 0.395 e. The third-order valence-corrected chi connectivity index (χ3v) is 3.71. The number of aliphatic hydroxyl groups excluding tert-OH is 3. The molecule has 0 bridgehead atoms. The first-order valence-electron chi connectivity index (χ1n) is 10.7. The number of nitrogens with one attached hydrogen (secondary N) is 1. The van der Waals surface area contributed by atoms with Crippen LogP contribution in [-0.4, -0.2) is 76.1 Å². The Morgan fingerprint density at radius 2 is 1.03 bits per heavy atom. The minimum Gasteiger partial charge on any atom is -0.395 e. The number of rotatable bonds is 18. The Kier molecular flexibility index (Phi) is 34.8. The van der Waals surface area contributed by atoms with E-state index in [0.29, 0.717) is 19.7 Å². The summed E-state index contributed by atoms with van der Waals surface area (Å²) in [5.74, 6) is 0. The SMILES string of the molecule is CCCCCCCCCCCCCOCCO.O=P(O)(O)O.OCCNCCO. The van der Waals surface area contributed by atoms with E-state index in [9.17, 15) is 0 Å². The number of phosphoric acid groups is 1. The van der Waals surface area contributed by atoms with Gasteiger partial charge in [0.25, 0.3) is 0 Å². The van der Waals surface area contributed by atoms with Crippen LogP contribution in [0.15, 0.2) is 0 Å². The molecule has 0 atom stereocenters. The van der Waals surface area contributed by atoms with Gasteiger partial charge >= 0.3 is 7.82 Å². The monoisotopic (exact) mass is 447 g/mol. The minimum atomic E-state index is -4.64. The molecule has 0 saturated carbocycles. The first kappa shape index (κ1) is 33.5. The van der Waals surface area contributed by atoms with Gasteiger partial charge in [0.05, 0.1) is 26.4 Å². The van der Waals surface area contributed by atoms with Gasteiger partial charge in [0.1, 0.15) is 0 Å². The Labute approximate surface area is 176 Å². The van der Waals surface area contributed by atoms with Crippen LogP contribution in [0.1, 0.15) is 77.6 Å². The molecule has 180 valence electrons. The zero-order valence-corrected chi connectivity index (χ0v) is 19.1. The maximum absolute atomic E-state index is 8.88. The third-order valence-electron chi connectivity index (χ3n) is 3.71. The zero-order valence-electron chi connectivity index (χ0n) is 18.2. The Balaban J connectivity index is -0.000000461. The molecule has 0 aliphatic carbocycles. The summed E-state index contributed by atoms with van der Waals surface area (Å²) < 4.78 is 14.1. The van der Waals surface area contributed by atoms with Crippen LogP contribution < -0.4 is 5.32 Å². The Morgan fingerprint density at radius 1 is 0.655 bits per heavy atom. The number of unbranched alkanes of at least 4 members (excludes halogenated alkanes) is 10. The number of ether oxygens (including phenoxy) is 1. The van der Waals surface area contributed by atoms with Crippen molar-refractivity contribution in [2.45, 2.75) is 77.6 Å². The van der Waals surface area contributed by atoms with Crippen LogP contribution in [0.25, 0.3) is 0 Å². The van der Waals surface area contributed by atoms with Gasteiger partial charge in [0, 0.05) is 19.7 Å². The second kappa shape index (κ2) is 30.1. The first-order valence-corrected chi connectivity index (χ1v) is 12.3. The average molecular weight is 448 g/mol. The van der Waals surface area contributed by atoms with Crippen LogP contribution in [0.5, 0.6) is 0 Å². The molecule has 0 aromatic heterocycles. The topological polar surface area (TPSA) is 160 Å². The van der Waals surface area contributed by atoms with Crippen LogP contribution in [-0.2, 0) is 9.30 Å². The van der Waals surface area contributed by atoms with Gasteiger partial charge < -0.3 is 40.1 Å². The van der Waals surface area contributed by atoms with Crippen molar-refractivity contribution < 1.29 is 39.3 Å². The van der Waals surface area contributed by atoms with Crippen molar-refractivity contribution in [3.63, 3.8) is 0 Å². The number of aliphatic hydroxyl groups is 3. The minimum absolute atomic E-state index is 0.139. The second-order valence-corrected chi connectivity index (χ2v) is 7.61. The maximum atomic E-state index is 8.88. The molecule has 0 aromatic rings. The normalized spacial score (nSPS) is 10.7. The summed E-state index contributed by atoms with van der Waals surface area (Å²) in [4.78, 5) is 21.6. The summed E-state index contributed by atoms with van der Waals surface area (Å²) in [6.45, 7) is 5.15. The van der Waals surface area contributed by atoms with E-state index in [-0.39, 0.29) is 19.8 Å². The van der Waals surface area contributed by atoms with Gasteiger partial charge in [-0.25, -0.2) is 4.57 Å². The van der Waals surface area contributed by atoms with Crippen LogP contribution in [0.4, 0.5) is 0 Å². The Hall–Kier alpha value is -0.0900. The maximum Gasteiger partial charge on any atom is 0.466 e. The zero-order chi connectivity index (χ0) is 22.6. The lowest BCUT2D eigenvalue weighted by Crippen LogP contribution is -2.21. The molecular formula is C19H46NO8P. The van der Waals surface area contributed by atoms with Crippen LogP contribution in [0.2, 0.25) is 0 Å². The fourth-order valence-corrected chi connectivity index (χ4v) is 2.32. The lowest BCUT2D eigenvalue weighted by molar-refractivity contribution is 0.0895. The molecule has 0 unspecified atom stereocenters. The summed E-state index contributed by atoms with van der Waals surface area (Å²) in [6, 6.07) is 0. The van der Waals surface area contributed by atoms with Crippen LogP contribution in [0, 0.1) is 0 Å². The van der Waals surface area contributed by atoms with E-state index in [1.807, 2.05) is 0 Å². The van der Waals surface area contributed by atoms with Gasteiger partial charge in [-0.05, 0) is 6.42 Å². The van der Waals surface area contributed by atoms with Crippen molar-refractivity contribution in [2.75, 3.05) is 46.1 Å². The summed E-state index contributed by atoms with van der Waals surface area (Å²) in [7, 11) is -4.64. The molecule has 0 aliphatic rings. The van der Waals surface area contributed by atoms with E-state index >= 15 is 0 Å². The van der Waals surface area contributed by atoms with Crippen LogP contribution in [0.3, 0.4) is 0 Å². The highest BCUT2D eigenvalue weighted by molar-refractivity contribution is 7.45. The lowest BCUT2D eigenvalue weighted by Gasteiger charge is -2.03. The summed E-state index contributed by atoms with van der Waals surface area (Å²) >= 11 is 0. The number of hydrogen-bond donors (Lipinski definition) is 7. The predicted octanol–water partition coefficient (Wildman–Crippen LogP) is 1.94. The molecule has 7 N–H and O–H groups in total. The molecule has 0 heterocycles. The molecule has 0 aromatic carbocycles. The highest BCUT2D eigenvalue weighted by Crippen LogP contribution is 2.25. The Morgan fingerprint density at radius 3 is 1.38 bits per heavy atom. The van der Waals surface area contributed by atoms with Gasteiger partial charge in [-0.15, -0.1) is 0 Å². The highest BCUT2D eigenvalue weighted by Gasteiger charge is 2.00.